The molecule has 0 saturated heterocycles. The van der Waals surface area contributed by atoms with E-state index in [2.05, 4.69) is 42.9 Å². The highest BCUT2D eigenvalue weighted by Gasteiger charge is 2.11. The van der Waals surface area contributed by atoms with Gasteiger partial charge in [0.2, 0.25) is 17.8 Å². The minimum Gasteiger partial charge on any atom is -0.368 e. The molecule has 0 saturated carbocycles. The molecule has 8 heteroatoms. The summed E-state index contributed by atoms with van der Waals surface area (Å²) >= 11 is 8.15. The number of benzene rings is 1. The van der Waals surface area contributed by atoms with Gasteiger partial charge in [-0.2, -0.15) is 15.0 Å². The van der Waals surface area contributed by atoms with Crippen LogP contribution < -0.4 is 16.0 Å². The van der Waals surface area contributed by atoms with Crippen molar-refractivity contribution in [3.8, 4) is 0 Å². The van der Waals surface area contributed by atoms with Crippen LogP contribution in [0.5, 0.6) is 0 Å². The second-order valence-electron chi connectivity index (χ2n) is 4.24. The molecular weight excluding hydrogens is 403 g/mol. The van der Waals surface area contributed by atoms with E-state index in [9.17, 15) is 0 Å². The Labute approximate surface area is 142 Å². The maximum absolute atomic E-state index is 5.95. The average Bonchev–Trinajstić information content (AvgIpc) is 2.43. The van der Waals surface area contributed by atoms with Crippen LogP contribution in [0.2, 0.25) is 5.02 Å². The summed E-state index contributed by atoms with van der Waals surface area (Å²) in [6.07, 6.45) is 0. The monoisotopic (exact) mass is 418 g/mol. The first-order valence-corrected chi connectivity index (χ1v) is 7.97. The summed E-state index contributed by atoms with van der Waals surface area (Å²) < 4.78 is 0.975. The topological polar surface area (TPSA) is 80.0 Å². The summed E-state index contributed by atoms with van der Waals surface area (Å²) in [6, 6.07) is 5.55. The van der Waals surface area contributed by atoms with Gasteiger partial charge in [-0.25, -0.2) is 0 Å². The SMILES string of the molecule is CCN(CC)c1nc(N)nc(Nc2ccc(Cl)cc2I)n1. The van der Waals surface area contributed by atoms with Gasteiger partial charge in [-0.1, -0.05) is 11.6 Å². The zero-order valence-corrected chi connectivity index (χ0v) is 14.7. The van der Waals surface area contributed by atoms with E-state index in [4.69, 9.17) is 17.3 Å². The Kier molecular flexibility index (Phi) is 5.40. The molecule has 0 aliphatic rings. The molecule has 0 spiro atoms. The number of nitrogens with two attached hydrogens (primary N) is 1. The van der Waals surface area contributed by atoms with Crippen molar-refractivity contribution < 1.29 is 0 Å². The summed E-state index contributed by atoms with van der Waals surface area (Å²) in [4.78, 5) is 14.7. The van der Waals surface area contributed by atoms with Gasteiger partial charge in [0.1, 0.15) is 0 Å². The smallest absolute Gasteiger partial charge is 0.233 e. The Hall–Kier alpha value is -1.35. The lowest BCUT2D eigenvalue weighted by molar-refractivity contribution is 0.816. The number of aromatic nitrogens is 3. The summed E-state index contributed by atoms with van der Waals surface area (Å²) in [5, 5.41) is 3.83. The van der Waals surface area contributed by atoms with Crippen molar-refractivity contribution in [2.24, 2.45) is 0 Å². The van der Waals surface area contributed by atoms with Crippen molar-refractivity contribution >= 4 is 57.7 Å². The van der Waals surface area contributed by atoms with E-state index in [0.29, 0.717) is 16.9 Å². The molecule has 0 bridgehead atoms. The first-order valence-electron chi connectivity index (χ1n) is 6.52. The highest BCUT2D eigenvalue weighted by molar-refractivity contribution is 14.1. The van der Waals surface area contributed by atoms with Crippen LogP contribution in [0, 0.1) is 3.57 Å². The van der Waals surface area contributed by atoms with Crippen LogP contribution in [-0.4, -0.2) is 28.0 Å². The van der Waals surface area contributed by atoms with Crippen LogP contribution in [0.25, 0.3) is 0 Å². The number of nitrogens with one attached hydrogen (secondary N) is 1. The lowest BCUT2D eigenvalue weighted by Gasteiger charge is -2.19. The Balaban J connectivity index is 2.31. The van der Waals surface area contributed by atoms with Crippen molar-refractivity contribution in [1.82, 2.24) is 15.0 Å². The van der Waals surface area contributed by atoms with Gasteiger partial charge >= 0.3 is 0 Å². The minimum absolute atomic E-state index is 0.193. The first kappa shape index (κ1) is 16.0. The molecule has 2 aromatic rings. The predicted molar refractivity (Wildman–Crippen MR) is 95.3 cm³/mol. The van der Waals surface area contributed by atoms with Crippen molar-refractivity contribution in [2.45, 2.75) is 13.8 Å². The predicted octanol–water partition coefficient (Wildman–Crippen LogP) is 3.30. The molecule has 1 aromatic heterocycles. The van der Waals surface area contributed by atoms with Crippen LogP contribution in [0.15, 0.2) is 18.2 Å². The van der Waals surface area contributed by atoms with Crippen LogP contribution >= 0.6 is 34.2 Å². The number of nitrogen functional groups attached to an aromatic ring is 1. The molecular formula is C13H16ClIN6. The molecule has 6 nitrogen and oxygen atoms in total. The molecule has 21 heavy (non-hydrogen) atoms. The number of hydrogen-bond donors (Lipinski definition) is 2. The van der Waals surface area contributed by atoms with E-state index in [1.54, 1.807) is 0 Å². The molecule has 1 heterocycles. The Morgan fingerprint density at radius 1 is 1.24 bits per heavy atom. The van der Waals surface area contributed by atoms with Gasteiger partial charge in [-0.15, -0.1) is 0 Å². The molecule has 0 aliphatic carbocycles. The Bertz CT molecular complexity index is 632. The highest BCUT2D eigenvalue weighted by atomic mass is 127. The van der Waals surface area contributed by atoms with Crippen molar-refractivity contribution in [3.63, 3.8) is 0 Å². The quantitative estimate of drug-likeness (QED) is 0.725. The van der Waals surface area contributed by atoms with E-state index in [1.807, 2.05) is 36.9 Å². The second kappa shape index (κ2) is 7.08. The summed E-state index contributed by atoms with van der Waals surface area (Å²) in [6.45, 7) is 5.69. The summed E-state index contributed by atoms with van der Waals surface area (Å²) in [7, 11) is 0. The number of rotatable bonds is 5. The summed E-state index contributed by atoms with van der Waals surface area (Å²) in [5.74, 6) is 1.18. The second-order valence-corrected chi connectivity index (χ2v) is 5.84. The van der Waals surface area contributed by atoms with Crippen LogP contribution in [-0.2, 0) is 0 Å². The average molecular weight is 419 g/mol. The van der Waals surface area contributed by atoms with E-state index >= 15 is 0 Å². The third kappa shape index (κ3) is 4.07. The van der Waals surface area contributed by atoms with Gasteiger partial charge in [-0.3, -0.25) is 0 Å². The molecule has 0 amide bonds. The van der Waals surface area contributed by atoms with Gasteiger partial charge in [0.05, 0.1) is 5.69 Å². The molecule has 0 unspecified atom stereocenters. The maximum atomic E-state index is 5.95. The molecule has 0 radical (unpaired) electrons. The molecule has 0 aliphatic heterocycles. The van der Waals surface area contributed by atoms with Gasteiger partial charge in [0.25, 0.3) is 0 Å². The molecule has 112 valence electrons. The number of hydrogen-bond acceptors (Lipinski definition) is 6. The number of halogens is 2. The van der Waals surface area contributed by atoms with Gasteiger partial charge in [0.15, 0.2) is 0 Å². The molecule has 1 aromatic carbocycles. The van der Waals surface area contributed by atoms with Crippen molar-refractivity contribution in [3.05, 3.63) is 26.8 Å². The third-order valence-electron chi connectivity index (χ3n) is 2.86. The Morgan fingerprint density at radius 3 is 2.57 bits per heavy atom. The fraction of sp³-hybridized carbons (Fsp3) is 0.308. The fourth-order valence-corrected chi connectivity index (χ4v) is 2.80. The van der Waals surface area contributed by atoms with E-state index in [-0.39, 0.29) is 5.95 Å². The largest absolute Gasteiger partial charge is 0.368 e. The van der Waals surface area contributed by atoms with Crippen molar-refractivity contribution in [2.75, 3.05) is 29.0 Å². The van der Waals surface area contributed by atoms with Crippen LogP contribution in [0.1, 0.15) is 13.8 Å². The van der Waals surface area contributed by atoms with Crippen LogP contribution in [0.3, 0.4) is 0 Å². The number of anilines is 4. The first-order chi connectivity index (χ1) is 10.0. The zero-order valence-electron chi connectivity index (χ0n) is 11.8. The standard InChI is InChI=1S/C13H16ClIN6/c1-3-21(4-2)13-19-11(16)18-12(20-13)17-10-6-5-8(14)7-9(10)15/h5-7H,3-4H2,1-2H3,(H3,16,17,18,19,20). The zero-order chi connectivity index (χ0) is 15.4. The van der Waals surface area contributed by atoms with Gasteiger partial charge in [0, 0.05) is 21.7 Å². The maximum Gasteiger partial charge on any atom is 0.233 e. The van der Waals surface area contributed by atoms with E-state index in [0.717, 1.165) is 22.3 Å². The number of nitrogens with zero attached hydrogens (tertiary/aromatic N) is 4. The lowest BCUT2D eigenvalue weighted by Crippen LogP contribution is -2.25. The molecule has 0 atom stereocenters. The van der Waals surface area contributed by atoms with Crippen molar-refractivity contribution in [1.29, 1.82) is 0 Å². The minimum atomic E-state index is 0.193. The molecule has 0 fully saturated rings. The summed E-state index contributed by atoms with van der Waals surface area (Å²) in [5.41, 5.74) is 6.64. The van der Waals surface area contributed by atoms with Gasteiger partial charge < -0.3 is 16.0 Å². The molecule has 3 N–H and O–H groups in total. The van der Waals surface area contributed by atoms with E-state index in [1.165, 1.54) is 0 Å². The highest BCUT2D eigenvalue weighted by Crippen LogP contribution is 2.25. The third-order valence-corrected chi connectivity index (χ3v) is 3.99. The molecule has 2 rings (SSSR count). The normalized spacial score (nSPS) is 10.5. The van der Waals surface area contributed by atoms with E-state index < -0.39 is 0 Å². The van der Waals surface area contributed by atoms with Gasteiger partial charge in [-0.05, 0) is 54.6 Å². The van der Waals surface area contributed by atoms with Crippen LogP contribution in [0.4, 0.5) is 23.5 Å². The fourth-order valence-electron chi connectivity index (χ4n) is 1.80. The Morgan fingerprint density at radius 2 is 1.95 bits per heavy atom. The lowest BCUT2D eigenvalue weighted by atomic mass is 10.3.